The zero-order valence-corrected chi connectivity index (χ0v) is 14.3. The molecule has 2 N–H and O–H groups in total. The Morgan fingerprint density at radius 1 is 1.16 bits per heavy atom. The predicted octanol–water partition coefficient (Wildman–Crippen LogP) is 2.93. The lowest BCUT2D eigenvalue weighted by molar-refractivity contribution is -0.117. The maximum atomic E-state index is 12.2. The van der Waals surface area contributed by atoms with Gasteiger partial charge in [0.15, 0.2) is 0 Å². The quantitative estimate of drug-likeness (QED) is 0.900. The normalized spacial score (nSPS) is 16.6. The summed E-state index contributed by atoms with van der Waals surface area (Å²) in [5, 5.41) is 5.61. The van der Waals surface area contributed by atoms with Gasteiger partial charge in [0.25, 0.3) is 0 Å². The summed E-state index contributed by atoms with van der Waals surface area (Å²) >= 11 is 0. The number of hydrogen-bond donors (Lipinski definition) is 2. The fraction of sp³-hybridized carbons (Fsp3) is 0.263. The second-order valence-corrected chi connectivity index (χ2v) is 6.04. The molecule has 2 aromatic rings. The zero-order chi connectivity index (χ0) is 17.8. The lowest BCUT2D eigenvalue weighted by Gasteiger charge is -2.18. The number of nitrogens with zero attached hydrogens (tertiary/aromatic N) is 1. The molecule has 130 valence electrons. The minimum Gasteiger partial charge on any atom is -0.495 e. The van der Waals surface area contributed by atoms with Crippen LogP contribution in [-0.2, 0) is 4.79 Å². The average Bonchev–Trinajstić information content (AvgIpc) is 2.96. The molecule has 0 spiro atoms. The number of para-hydroxylation sites is 2. The smallest absolute Gasteiger partial charge is 0.319 e. The lowest BCUT2D eigenvalue weighted by Crippen LogP contribution is -2.39. The van der Waals surface area contributed by atoms with Gasteiger partial charge in [0.2, 0.25) is 5.91 Å². The molecule has 1 fully saturated rings. The van der Waals surface area contributed by atoms with Crippen molar-refractivity contribution in [3.63, 3.8) is 0 Å². The van der Waals surface area contributed by atoms with Crippen molar-refractivity contribution in [2.45, 2.75) is 19.4 Å². The number of aryl methyl sites for hydroxylation is 1. The SMILES string of the molecule is COc1ccccc1NC(=O)NC1CC(=O)N(c2ccc(C)cc2)C1. The van der Waals surface area contributed by atoms with Crippen molar-refractivity contribution in [2.24, 2.45) is 0 Å². The van der Waals surface area contributed by atoms with Gasteiger partial charge in [0.1, 0.15) is 5.75 Å². The second kappa shape index (κ2) is 7.25. The minimum atomic E-state index is -0.354. The van der Waals surface area contributed by atoms with E-state index < -0.39 is 0 Å². The number of urea groups is 1. The molecule has 6 heteroatoms. The van der Waals surface area contributed by atoms with Gasteiger partial charge < -0.3 is 20.3 Å². The Balaban J connectivity index is 1.61. The summed E-state index contributed by atoms with van der Waals surface area (Å²) in [7, 11) is 1.55. The summed E-state index contributed by atoms with van der Waals surface area (Å²) in [6, 6.07) is 14.4. The van der Waals surface area contributed by atoms with Crippen LogP contribution in [0.3, 0.4) is 0 Å². The van der Waals surface area contributed by atoms with E-state index in [1.54, 1.807) is 24.1 Å². The summed E-state index contributed by atoms with van der Waals surface area (Å²) in [6.07, 6.45) is 0.285. The number of carbonyl (C=O) groups is 2. The predicted molar refractivity (Wildman–Crippen MR) is 97.1 cm³/mol. The van der Waals surface area contributed by atoms with Crippen LogP contribution in [0.25, 0.3) is 0 Å². The van der Waals surface area contributed by atoms with E-state index in [9.17, 15) is 9.59 Å². The monoisotopic (exact) mass is 339 g/mol. The Morgan fingerprint density at radius 3 is 2.60 bits per heavy atom. The topological polar surface area (TPSA) is 70.7 Å². The summed E-state index contributed by atoms with van der Waals surface area (Å²) in [5.74, 6) is 0.591. The number of amides is 3. The highest BCUT2D eigenvalue weighted by Gasteiger charge is 2.31. The van der Waals surface area contributed by atoms with Crippen molar-refractivity contribution in [1.29, 1.82) is 0 Å². The second-order valence-electron chi connectivity index (χ2n) is 6.04. The van der Waals surface area contributed by atoms with E-state index in [1.165, 1.54) is 0 Å². The summed E-state index contributed by atoms with van der Waals surface area (Å²) < 4.78 is 5.21. The van der Waals surface area contributed by atoms with Crippen LogP contribution in [-0.4, -0.2) is 31.6 Å². The molecule has 0 bridgehead atoms. The standard InChI is InChI=1S/C19H21N3O3/c1-13-7-9-15(10-8-13)22-12-14(11-18(22)23)20-19(24)21-16-5-3-4-6-17(16)25-2/h3-10,14H,11-12H2,1-2H3,(H2,20,21,24). The third-order valence-electron chi connectivity index (χ3n) is 4.16. The number of hydrogen-bond acceptors (Lipinski definition) is 3. The molecular weight excluding hydrogens is 318 g/mol. The Labute approximate surface area is 146 Å². The minimum absolute atomic E-state index is 0.00597. The molecule has 0 radical (unpaired) electrons. The van der Waals surface area contributed by atoms with Gasteiger partial charge in [-0.05, 0) is 31.2 Å². The lowest BCUT2D eigenvalue weighted by atomic mass is 10.2. The molecule has 3 amide bonds. The molecule has 1 aliphatic rings. The van der Waals surface area contributed by atoms with Gasteiger partial charge in [-0.1, -0.05) is 29.8 Å². The van der Waals surface area contributed by atoms with Crippen molar-refractivity contribution >= 4 is 23.3 Å². The van der Waals surface area contributed by atoms with Crippen molar-refractivity contribution in [1.82, 2.24) is 5.32 Å². The molecule has 25 heavy (non-hydrogen) atoms. The average molecular weight is 339 g/mol. The highest BCUT2D eigenvalue weighted by atomic mass is 16.5. The Hall–Kier alpha value is -3.02. The molecule has 0 saturated carbocycles. The zero-order valence-electron chi connectivity index (χ0n) is 14.3. The first-order valence-corrected chi connectivity index (χ1v) is 8.14. The largest absolute Gasteiger partial charge is 0.495 e. The van der Waals surface area contributed by atoms with Gasteiger partial charge in [0, 0.05) is 18.7 Å². The van der Waals surface area contributed by atoms with Crippen LogP contribution >= 0.6 is 0 Å². The molecule has 1 unspecified atom stereocenters. The first-order chi connectivity index (χ1) is 12.1. The third kappa shape index (κ3) is 3.91. The van der Waals surface area contributed by atoms with Gasteiger partial charge in [-0.15, -0.1) is 0 Å². The summed E-state index contributed by atoms with van der Waals surface area (Å²) in [6.45, 7) is 2.46. The highest BCUT2D eigenvalue weighted by molar-refractivity contribution is 5.97. The van der Waals surface area contributed by atoms with Crippen molar-refractivity contribution in [3.05, 3.63) is 54.1 Å². The Bertz CT molecular complexity index is 774. The van der Waals surface area contributed by atoms with Crippen LogP contribution in [0.15, 0.2) is 48.5 Å². The molecule has 2 aromatic carbocycles. The summed E-state index contributed by atoms with van der Waals surface area (Å²) in [5.41, 5.74) is 2.58. The van der Waals surface area contributed by atoms with Crippen LogP contribution in [0.4, 0.5) is 16.2 Å². The molecule has 1 heterocycles. The highest BCUT2D eigenvalue weighted by Crippen LogP contribution is 2.24. The number of benzene rings is 2. The fourth-order valence-electron chi connectivity index (χ4n) is 2.87. The molecular formula is C19H21N3O3. The summed E-state index contributed by atoms with van der Waals surface area (Å²) in [4.78, 5) is 26.2. The van der Waals surface area contributed by atoms with E-state index in [0.29, 0.717) is 18.0 Å². The number of ether oxygens (including phenoxy) is 1. The van der Waals surface area contributed by atoms with Crippen LogP contribution in [0.1, 0.15) is 12.0 Å². The van der Waals surface area contributed by atoms with Crippen LogP contribution < -0.4 is 20.3 Å². The molecule has 1 saturated heterocycles. The van der Waals surface area contributed by atoms with Gasteiger partial charge in [-0.25, -0.2) is 4.79 Å². The van der Waals surface area contributed by atoms with E-state index >= 15 is 0 Å². The number of nitrogens with one attached hydrogen (secondary N) is 2. The van der Waals surface area contributed by atoms with E-state index in [-0.39, 0.29) is 24.4 Å². The number of methoxy groups -OCH3 is 1. The van der Waals surface area contributed by atoms with Gasteiger partial charge in [0.05, 0.1) is 18.8 Å². The molecule has 0 aliphatic carbocycles. The Kier molecular flexibility index (Phi) is 4.88. The number of carbonyl (C=O) groups excluding carboxylic acids is 2. The molecule has 6 nitrogen and oxygen atoms in total. The fourth-order valence-corrected chi connectivity index (χ4v) is 2.87. The van der Waals surface area contributed by atoms with Crippen LogP contribution in [0.2, 0.25) is 0 Å². The van der Waals surface area contributed by atoms with Crippen LogP contribution in [0, 0.1) is 6.92 Å². The molecule has 0 aromatic heterocycles. The number of rotatable bonds is 4. The van der Waals surface area contributed by atoms with Crippen molar-refractivity contribution < 1.29 is 14.3 Å². The van der Waals surface area contributed by atoms with Gasteiger partial charge in [-0.2, -0.15) is 0 Å². The van der Waals surface area contributed by atoms with E-state index in [0.717, 1.165) is 11.3 Å². The maximum absolute atomic E-state index is 12.2. The van der Waals surface area contributed by atoms with Crippen molar-refractivity contribution in [2.75, 3.05) is 23.9 Å². The third-order valence-corrected chi connectivity index (χ3v) is 4.16. The molecule has 1 atom stereocenters. The van der Waals surface area contributed by atoms with E-state index in [4.69, 9.17) is 4.74 Å². The van der Waals surface area contributed by atoms with Gasteiger partial charge >= 0.3 is 6.03 Å². The maximum Gasteiger partial charge on any atom is 0.319 e. The van der Waals surface area contributed by atoms with Crippen LogP contribution in [0.5, 0.6) is 5.75 Å². The first kappa shape index (κ1) is 16.8. The molecule has 1 aliphatic heterocycles. The van der Waals surface area contributed by atoms with Crippen molar-refractivity contribution in [3.8, 4) is 5.75 Å². The molecule has 3 rings (SSSR count). The van der Waals surface area contributed by atoms with Gasteiger partial charge in [-0.3, -0.25) is 4.79 Å². The number of anilines is 2. The first-order valence-electron chi connectivity index (χ1n) is 8.14. The van der Waals surface area contributed by atoms with E-state index in [2.05, 4.69) is 10.6 Å². The van der Waals surface area contributed by atoms with E-state index in [1.807, 2.05) is 43.3 Å². The Morgan fingerprint density at radius 2 is 1.88 bits per heavy atom.